The lowest BCUT2D eigenvalue weighted by Crippen LogP contribution is -2.35. The molecule has 0 atom stereocenters. The zero-order valence-corrected chi connectivity index (χ0v) is 17.7. The normalized spacial score (nSPS) is 13.2. The quantitative estimate of drug-likeness (QED) is 0.308. The van der Waals surface area contributed by atoms with Crippen molar-refractivity contribution in [2.24, 2.45) is 0 Å². The van der Waals surface area contributed by atoms with Crippen LogP contribution < -0.4 is 26.0 Å². The van der Waals surface area contributed by atoms with E-state index in [1.807, 2.05) is 12.3 Å². The van der Waals surface area contributed by atoms with Crippen LogP contribution in [0.25, 0.3) is 23.4 Å². The van der Waals surface area contributed by atoms with Crippen molar-refractivity contribution >= 4 is 56.6 Å². The van der Waals surface area contributed by atoms with Gasteiger partial charge in [-0.2, -0.15) is 9.97 Å². The predicted molar refractivity (Wildman–Crippen MR) is 120 cm³/mol. The van der Waals surface area contributed by atoms with Crippen molar-refractivity contribution in [1.29, 1.82) is 0 Å². The first kappa shape index (κ1) is 19.8. The van der Waals surface area contributed by atoms with E-state index >= 15 is 0 Å². The predicted octanol–water partition coefficient (Wildman–Crippen LogP) is 0.360. The fourth-order valence-corrected chi connectivity index (χ4v) is 3.82. The van der Waals surface area contributed by atoms with Crippen molar-refractivity contribution in [2.75, 3.05) is 34.8 Å². The second-order valence-electron chi connectivity index (χ2n) is 7.16. The second kappa shape index (κ2) is 7.85. The molecule has 164 valence electrons. The standard InChI is InChI=1S/C19H19N9O3S/c1-32(29,30)27-14-4-2-3-13(7-14)24-19-25-17-16(20-10-21-17)18(26-19)22-11-28-6-5-15-12(9-28)8-23-31-15/h2-5,7-10,27H,6,11H2,1H3,(H3,20,21,22,24,25,26). The SMILES string of the molecule is CS(=O)(=O)Nc1cccc(Nc2nc(NCN3C=c4cnoc4=CC3)c3[nH]cnc3n2)c1. The molecule has 13 heteroatoms. The molecule has 0 saturated heterocycles. The highest BCUT2D eigenvalue weighted by atomic mass is 32.2. The maximum absolute atomic E-state index is 11.5. The van der Waals surface area contributed by atoms with E-state index in [-0.39, 0.29) is 0 Å². The van der Waals surface area contributed by atoms with Crippen LogP contribution >= 0.6 is 0 Å². The number of imidazole rings is 1. The summed E-state index contributed by atoms with van der Waals surface area (Å²) in [6.07, 6.45) is 8.24. The molecule has 3 aromatic heterocycles. The summed E-state index contributed by atoms with van der Waals surface area (Å²) < 4.78 is 30.6. The van der Waals surface area contributed by atoms with Gasteiger partial charge in [0.2, 0.25) is 16.0 Å². The minimum absolute atomic E-state index is 0.319. The molecule has 1 aliphatic rings. The summed E-state index contributed by atoms with van der Waals surface area (Å²) in [5, 5.41) is 11.1. The fraction of sp³-hybridized carbons (Fsp3) is 0.158. The van der Waals surface area contributed by atoms with E-state index in [0.717, 1.165) is 16.9 Å². The molecule has 0 fully saturated rings. The number of anilines is 4. The van der Waals surface area contributed by atoms with Crippen molar-refractivity contribution in [3.63, 3.8) is 0 Å². The molecule has 4 heterocycles. The lowest BCUT2D eigenvalue weighted by molar-refractivity contribution is 0.387. The van der Waals surface area contributed by atoms with Crippen LogP contribution in [0, 0.1) is 0 Å². The average molecular weight is 453 g/mol. The molecular weight excluding hydrogens is 434 g/mol. The maximum Gasteiger partial charge on any atom is 0.231 e. The largest absolute Gasteiger partial charge is 0.357 e. The Morgan fingerprint density at radius 1 is 1.25 bits per heavy atom. The Labute approximate surface area is 182 Å². The highest BCUT2D eigenvalue weighted by Gasteiger charge is 2.12. The first-order valence-corrected chi connectivity index (χ1v) is 11.5. The average Bonchev–Trinajstić information content (AvgIpc) is 3.40. The van der Waals surface area contributed by atoms with E-state index in [2.05, 4.69) is 45.3 Å². The van der Waals surface area contributed by atoms with Crippen LogP contribution in [0.1, 0.15) is 0 Å². The van der Waals surface area contributed by atoms with Crippen molar-refractivity contribution in [3.8, 4) is 0 Å². The van der Waals surface area contributed by atoms with Crippen LogP contribution in [-0.2, 0) is 10.0 Å². The van der Waals surface area contributed by atoms with Gasteiger partial charge in [-0.15, -0.1) is 0 Å². The van der Waals surface area contributed by atoms with Gasteiger partial charge in [0.25, 0.3) is 0 Å². The second-order valence-corrected chi connectivity index (χ2v) is 8.91. The number of rotatable bonds is 7. The Balaban J connectivity index is 1.37. The molecule has 32 heavy (non-hydrogen) atoms. The summed E-state index contributed by atoms with van der Waals surface area (Å²) >= 11 is 0. The Morgan fingerprint density at radius 3 is 3.00 bits per heavy atom. The third kappa shape index (κ3) is 4.32. The summed E-state index contributed by atoms with van der Waals surface area (Å²) in [5.41, 5.74) is 2.99. The van der Waals surface area contributed by atoms with Gasteiger partial charge in [-0.1, -0.05) is 11.2 Å². The minimum atomic E-state index is -3.38. The summed E-state index contributed by atoms with van der Waals surface area (Å²) in [7, 11) is -3.38. The smallest absolute Gasteiger partial charge is 0.231 e. The molecule has 0 amide bonds. The van der Waals surface area contributed by atoms with Gasteiger partial charge >= 0.3 is 0 Å². The maximum atomic E-state index is 11.5. The molecule has 0 aliphatic carbocycles. The van der Waals surface area contributed by atoms with Gasteiger partial charge in [0, 0.05) is 18.4 Å². The third-order valence-electron chi connectivity index (χ3n) is 4.62. The molecule has 0 unspecified atom stereocenters. The molecule has 5 rings (SSSR count). The van der Waals surface area contributed by atoms with Gasteiger partial charge < -0.3 is 25.0 Å². The first-order valence-electron chi connectivity index (χ1n) is 9.60. The summed E-state index contributed by atoms with van der Waals surface area (Å²) in [5.74, 6) is 0.893. The van der Waals surface area contributed by atoms with Gasteiger partial charge in [-0.3, -0.25) is 4.72 Å². The van der Waals surface area contributed by atoms with Crippen molar-refractivity contribution in [2.45, 2.75) is 0 Å². The zero-order valence-electron chi connectivity index (χ0n) is 16.9. The topological polar surface area (TPSA) is 154 Å². The molecular formula is C19H19N9O3S. The third-order valence-corrected chi connectivity index (χ3v) is 5.22. The Hall–Kier alpha value is -4.13. The molecule has 0 radical (unpaired) electrons. The van der Waals surface area contributed by atoms with Gasteiger partial charge in [0.15, 0.2) is 16.9 Å². The molecule has 1 aliphatic heterocycles. The van der Waals surface area contributed by atoms with E-state index in [1.165, 1.54) is 0 Å². The molecule has 4 aromatic rings. The van der Waals surface area contributed by atoms with Crippen molar-refractivity contribution in [1.82, 2.24) is 30.0 Å². The number of sulfonamides is 1. The summed E-state index contributed by atoms with van der Waals surface area (Å²) in [6.45, 7) is 1.15. The highest BCUT2D eigenvalue weighted by molar-refractivity contribution is 7.92. The van der Waals surface area contributed by atoms with Gasteiger partial charge in [0.05, 0.1) is 36.4 Å². The molecule has 0 saturated carbocycles. The highest BCUT2D eigenvalue weighted by Crippen LogP contribution is 2.23. The van der Waals surface area contributed by atoms with Gasteiger partial charge in [-0.05, 0) is 24.3 Å². The lowest BCUT2D eigenvalue weighted by Gasteiger charge is -2.21. The Morgan fingerprint density at radius 2 is 2.12 bits per heavy atom. The number of H-pyrrole nitrogens is 1. The first-order chi connectivity index (χ1) is 15.4. The Bertz CT molecular complexity index is 1510. The Kier molecular flexibility index (Phi) is 4.86. The van der Waals surface area contributed by atoms with Crippen molar-refractivity contribution < 1.29 is 12.9 Å². The number of hydrogen-bond acceptors (Lipinski definition) is 10. The monoisotopic (exact) mass is 453 g/mol. The van der Waals surface area contributed by atoms with Crippen molar-refractivity contribution in [3.05, 3.63) is 47.4 Å². The van der Waals surface area contributed by atoms with Gasteiger partial charge in [0.1, 0.15) is 5.52 Å². The fourth-order valence-electron chi connectivity index (χ4n) is 3.27. The molecule has 4 N–H and O–H groups in total. The number of benzene rings is 1. The number of aromatic nitrogens is 5. The van der Waals surface area contributed by atoms with Crippen LogP contribution in [-0.4, -0.2) is 57.9 Å². The van der Waals surface area contributed by atoms with Crippen LogP contribution in [0.15, 0.2) is 41.3 Å². The van der Waals surface area contributed by atoms with Gasteiger partial charge in [-0.25, -0.2) is 13.4 Å². The van der Waals surface area contributed by atoms with Crippen LogP contribution in [0.4, 0.5) is 23.1 Å². The number of nitrogens with zero attached hydrogens (tertiary/aromatic N) is 5. The van der Waals surface area contributed by atoms with Crippen LogP contribution in [0.2, 0.25) is 0 Å². The van der Waals surface area contributed by atoms with E-state index < -0.39 is 10.0 Å². The van der Waals surface area contributed by atoms with Crippen LogP contribution in [0.5, 0.6) is 0 Å². The molecule has 1 aromatic carbocycles. The van der Waals surface area contributed by atoms with E-state index in [9.17, 15) is 8.42 Å². The lowest BCUT2D eigenvalue weighted by atomic mass is 10.3. The number of nitrogens with one attached hydrogen (secondary N) is 4. The molecule has 12 nitrogen and oxygen atoms in total. The van der Waals surface area contributed by atoms with E-state index in [1.54, 1.807) is 36.8 Å². The summed E-state index contributed by atoms with van der Waals surface area (Å²) in [6, 6.07) is 6.82. The number of aromatic amines is 1. The van der Waals surface area contributed by atoms with Crippen LogP contribution in [0.3, 0.4) is 0 Å². The summed E-state index contributed by atoms with van der Waals surface area (Å²) in [4.78, 5) is 18.3. The van der Waals surface area contributed by atoms with E-state index in [0.29, 0.717) is 47.5 Å². The minimum Gasteiger partial charge on any atom is -0.357 e. The zero-order chi connectivity index (χ0) is 22.1. The molecule has 0 bridgehead atoms. The number of fused-ring (bicyclic) bond motifs is 2. The number of hydrogen-bond donors (Lipinski definition) is 4. The molecule has 0 spiro atoms. The van der Waals surface area contributed by atoms with E-state index in [4.69, 9.17) is 4.52 Å².